The number of rotatable bonds is 0. The molecule has 0 saturated carbocycles. The average Bonchev–Trinajstić information content (AvgIpc) is 2.32. The number of carbonyl (C=O) groups is 1. The Morgan fingerprint density at radius 3 is 3.09 bits per heavy atom. The summed E-state index contributed by atoms with van der Waals surface area (Å²) in [5, 5.41) is 2.77. The van der Waals surface area contributed by atoms with Crippen molar-refractivity contribution < 1.29 is 4.79 Å². The van der Waals surface area contributed by atoms with Crippen molar-refractivity contribution in [3.63, 3.8) is 0 Å². The van der Waals surface area contributed by atoms with Crippen LogP contribution in [-0.2, 0) is 6.54 Å². The molecule has 11 heavy (non-hydrogen) atoms. The molecule has 0 bridgehead atoms. The van der Waals surface area contributed by atoms with Crippen molar-refractivity contribution in [1.82, 2.24) is 5.32 Å². The van der Waals surface area contributed by atoms with Gasteiger partial charge in [-0.3, -0.25) is 4.79 Å². The van der Waals surface area contributed by atoms with Crippen LogP contribution in [0, 0.1) is 3.57 Å². The Morgan fingerprint density at radius 2 is 2.27 bits per heavy atom. The van der Waals surface area contributed by atoms with Crippen molar-refractivity contribution in [2.45, 2.75) is 6.54 Å². The number of halogens is 1. The Hall–Kier alpha value is -0.580. The van der Waals surface area contributed by atoms with E-state index >= 15 is 0 Å². The molecule has 1 aromatic carbocycles. The van der Waals surface area contributed by atoms with Gasteiger partial charge in [-0.05, 0) is 46.4 Å². The maximum absolute atomic E-state index is 11.1. The Labute approximate surface area is 78.1 Å². The van der Waals surface area contributed by atoms with Crippen LogP contribution < -0.4 is 5.32 Å². The summed E-state index contributed by atoms with van der Waals surface area (Å²) in [5.41, 5.74) is 1.94. The molecule has 0 aromatic heterocycles. The van der Waals surface area contributed by atoms with E-state index in [-0.39, 0.29) is 5.91 Å². The number of hydrogen-bond acceptors (Lipinski definition) is 1. The fourth-order valence-corrected chi connectivity index (χ4v) is 1.76. The molecule has 2 rings (SSSR count). The van der Waals surface area contributed by atoms with Gasteiger partial charge in [0.05, 0.1) is 0 Å². The van der Waals surface area contributed by atoms with Crippen LogP contribution in [0.2, 0.25) is 0 Å². The van der Waals surface area contributed by atoms with Gasteiger partial charge in [-0.25, -0.2) is 0 Å². The van der Waals surface area contributed by atoms with Gasteiger partial charge in [0.25, 0.3) is 5.91 Å². The quantitative estimate of drug-likeness (QED) is 0.703. The highest BCUT2D eigenvalue weighted by Gasteiger charge is 2.17. The SMILES string of the molecule is O=C1NCc2cc(I)ccc21. The van der Waals surface area contributed by atoms with Crippen LogP contribution in [0.5, 0.6) is 0 Å². The van der Waals surface area contributed by atoms with E-state index in [1.807, 2.05) is 18.2 Å². The molecule has 1 amide bonds. The molecular formula is C8H6INO. The van der Waals surface area contributed by atoms with Crippen molar-refractivity contribution in [3.8, 4) is 0 Å². The third-order valence-electron chi connectivity index (χ3n) is 1.75. The normalized spacial score (nSPS) is 14.5. The second-order valence-corrected chi connectivity index (χ2v) is 3.73. The molecule has 0 saturated heterocycles. The monoisotopic (exact) mass is 259 g/mol. The Bertz CT molecular complexity index is 322. The van der Waals surface area contributed by atoms with Gasteiger partial charge in [-0.1, -0.05) is 0 Å². The highest BCUT2D eigenvalue weighted by molar-refractivity contribution is 14.1. The van der Waals surface area contributed by atoms with Gasteiger partial charge in [0.2, 0.25) is 0 Å². The first-order valence-corrected chi connectivity index (χ1v) is 4.42. The number of fused-ring (bicyclic) bond motifs is 1. The fourth-order valence-electron chi connectivity index (χ4n) is 1.20. The molecule has 0 fully saturated rings. The first kappa shape index (κ1) is 7.09. The molecule has 56 valence electrons. The lowest BCUT2D eigenvalue weighted by Gasteiger charge is -1.94. The zero-order valence-electron chi connectivity index (χ0n) is 5.73. The van der Waals surface area contributed by atoms with E-state index in [2.05, 4.69) is 27.9 Å². The van der Waals surface area contributed by atoms with E-state index in [4.69, 9.17) is 0 Å². The Kier molecular flexibility index (Phi) is 1.60. The van der Waals surface area contributed by atoms with Crippen molar-refractivity contribution >= 4 is 28.5 Å². The molecule has 0 atom stereocenters. The molecule has 0 aliphatic carbocycles. The number of hydrogen-bond donors (Lipinski definition) is 1. The van der Waals surface area contributed by atoms with Gasteiger partial charge >= 0.3 is 0 Å². The van der Waals surface area contributed by atoms with Gasteiger partial charge in [-0.2, -0.15) is 0 Å². The van der Waals surface area contributed by atoms with Gasteiger partial charge in [0, 0.05) is 15.7 Å². The molecule has 1 N–H and O–H groups in total. The summed E-state index contributed by atoms with van der Waals surface area (Å²) < 4.78 is 1.18. The third kappa shape index (κ3) is 1.13. The van der Waals surface area contributed by atoms with E-state index in [9.17, 15) is 4.79 Å². The third-order valence-corrected chi connectivity index (χ3v) is 2.42. The maximum Gasteiger partial charge on any atom is 0.251 e. The van der Waals surface area contributed by atoms with Crippen LogP contribution in [0.3, 0.4) is 0 Å². The standard InChI is InChI=1S/C8H6INO/c9-6-1-2-7-5(3-6)4-10-8(7)11/h1-3H,4H2,(H,10,11). The fraction of sp³-hybridized carbons (Fsp3) is 0.125. The van der Waals surface area contributed by atoms with E-state index in [0.717, 1.165) is 11.1 Å². The van der Waals surface area contributed by atoms with Gasteiger partial charge < -0.3 is 5.32 Å². The first-order valence-electron chi connectivity index (χ1n) is 3.34. The lowest BCUT2D eigenvalue weighted by molar-refractivity contribution is 0.0966. The van der Waals surface area contributed by atoms with Crippen LogP contribution in [-0.4, -0.2) is 5.91 Å². The van der Waals surface area contributed by atoms with Crippen LogP contribution in [0.25, 0.3) is 0 Å². The zero-order valence-corrected chi connectivity index (χ0v) is 7.88. The van der Waals surface area contributed by atoms with Gasteiger partial charge in [0.1, 0.15) is 0 Å². The van der Waals surface area contributed by atoms with Crippen LogP contribution in [0.1, 0.15) is 15.9 Å². The van der Waals surface area contributed by atoms with Crippen LogP contribution >= 0.6 is 22.6 Å². The van der Waals surface area contributed by atoms with E-state index in [1.165, 1.54) is 3.57 Å². The molecule has 1 heterocycles. The van der Waals surface area contributed by atoms with E-state index in [0.29, 0.717) is 6.54 Å². The lowest BCUT2D eigenvalue weighted by Crippen LogP contribution is -2.12. The molecule has 1 aromatic rings. The number of amides is 1. The van der Waals surface area contributed by atoms with Crippen molar-refractivity contribution in [3.05, 3.63) is 32.9 Å². The molecule has 1 aliphatic rings. The summed E-state index contributed by atoms with van der Waals surface area (Å²) in [6.45, 7) is 0.686. The molecule has 3 heteroatoms. The second-order valence-electron chi connectivity index (χ2n) is 2.48. The summed E-state index contributed by atoms with van der Waals surface area (Å²) in [5.74, 6) is 0.0522. The van der Waals surface area contributed by atoms with Crippen molar-refractivity contribution in [2.24, 2.45) is 0 Å². The Morgan fingerprint density at radius 1 is 1.45 bits per heavy atom. The summed E-state index contributed by atoms with van der Waals surface area (Å²) in [6, 6.07) is 5.86. The van der Waals surface area contributed by atoms with Gasteiger partial charge in [0.15, 0.2) is 0 Å². The molecule has 0 radical (unpaired) electrons. The lowest BCUT2D eigenvalue weighted by atomic mass is 10.1. The van der Waals surface area contributed by atoms with Crippen molar-refractivity contribution in [1.29, 1.82) is 0 Å². The predicted octanol–water partition coefficient (Wildman–Crippen LogP) is 1.53. The topological polar surface area (TPSA) is 29.1 Å². The maximum atomic E-state index is 11.1. The Balaban J connectivity index is 2.59. The molecule has 0 spiro atoms. The molecule has 2 nitrogen and oxygen atoms in total. The molecular weight excluding hydrogens is 253 g/mol. The summed E-state index contributed by atoms with van der Waals surface area (Å²) >= 11 is 2.24. The van der Waals surface area contributed by atoms with Crippen LogP contribution in [0.15, 0.2) is 18.2 Å². The number of carbonyl (C=O) groups excluding carboxylic acids is 1. The second kappa shape index (κ2) is 2.48. The minimum atomic E-state index is 0.0522. The molecule has 1 aliphatic heterocycles. The zero-order chi connectivity index (χ0) is 7.84. The average molecular weight is 259 g/mol. The van der Waals surface area contributed by atoms with Gasteiger partial charge in [-0.15, -0.1) is 0 Å². The summed E-state index contributed by atoms with van der Waals surface area (Å²) in [4.78, 5) is 11.1. The highest BCUT2D eigenvalue weighted by atomic mass is 127. The summed E-state index contributed by atoms with van der Waals surface area (Å²) in [6.07, 6.45) is 0. The van der Waals surface area contributed by atoms with Crippen LogP contribution in [0.4, 0.5) is 0 Å². The van der Waals surface area contributed by atoms with Crippen molar-refractivity contribution in [2.75, 3.05) is 0 Å². The largest absolute Gasteiger partial charge is 0.348 e. The van der Waals surface area contributed by atoms with E-state index in [1.54, 1.807) is 0 Å². The number of nitrogens with one attached hydrogen (secondary N) is 1. The van der Waals surface area contributed by atoms with E-state index < -0.39 is 0 Å². The highest BCUT2D eigenvalue weighted by Crippen LogP contribution is 2.17. The predicted molar refractivity (Wildman–Crippen MR) is 50.3 cm³/mol. The molecule has 0 unspecified atom stereocenters. The minimum Gasteiger partial charge on any atom is -0.348 e. The smallest absolute Gasteiger partial charge is 0.251 e. The minimum absolute atomic E-state index is 0.0522. The first-order chi connectivity index (χ1) is 5.27. The summed E-state index contributed by atoms with van der Waals surface area (Å²) in [7, 11) is 0. The number of benzene rings is 1.